The lowest BCUT2D eigenvalue weighted by Crippen LogP contribution is -2.22. The summed E-state index contributed by atoms with van der Waals surface area (Å²) in [5.41, 5.74) is 0.696. The van der Waals surface area contributed by atoms with Crippen LogP contribution in [0.15, 0.2) is 0 Å². The molecule has 2 fully saturated rings. The molecule has 0 N–H and O–H groups in total. The van der Waals surface area contributed by atoms with E-state index in [9.17, 15) is 4.79 Å². The highest BCUT2D eigenvalue weighted by atomic mass is 16.1. The second-order valence-corrected chi connectivity index (χ2v) is 5.66. The third kappa shape index (κ3) is 2.11. The minimum atomic E-state index is 0.434. The molecule has 2 rings (SSSR count). The van der Waals surface area contributed by atoms with Gasteiger partial charge in [-0.1, -0.05) is 26.7 Å². The van der Waals surface area contributed by atoms with Crippen LogP contribution in [0.5, 0.6) is 0 Å². The van der Waals surface area contributed by atoms with E-state index in [0.29, 0.717) is 17.1 Å². The number of carbonyl (C=O) groups is 1. The Morgan fingerprint density at radius 1 is 1.40 bits per heavy atom. The molecule has 15 heavy (non-hydrogen) atoms. The van der Waals surface area contributed by atoms with Gasteiger partial charge < -0.3 is 0 Å². The third-order valence-corrected chi connectivity index (χ3v) is 4.85. The van der Waals surface area contributed by atoms with Gasteiger partial charge in [-0.05, 0) is 43.4 Å². The molecule has 3 atom stereocenters. The van der Waals surface area contributed by atoms with Crippen LogP contribution in [0.3, 0.4) is 0 Å². The number of unbranched alkanes of at least 4 members (excludes halogenated alkanes) is 1. The van der Waals surface area contributed by atoms with Gasteiger partial charge >= 0.3 is 0 Å². The predicted octanol–water partition coefficient (Wildman–Crippen LogP) is 3.96. The first-order valence-corrected chi connectivity index (χ1v) is 6.74. The number of hydrogen-bond acceptors (Lipinski definition) is 1. The quantitative estimate of drug-likeness (QED) is 0.668. The molecule has 0 aromatic rings. The molecule has 0 saturated heterocycles. The van der Waals surface area contributed by atoms with Crippen LogP contribution in [0.4, 0.5) is 0 Å². The van der Waals surface area contributed by atoms with Gasteiger partial charge in [-0.2, -0.15) is 0 Å². The Bertz CT molecular complexity index is 246. The molecule has 0 aliphatic heterocycles. The standard InChI is InChI=1S/C14H24O/c1-3-5-6-13(15)11-7-8-14(4-2)10-12(14)9-11/h11-12H,3-10H2,1-2H3. The lowest BCUT2D eigenvalue weighted by molar-refractivity contribution is -0.124. The average Bonchev–Trinajstić information content (AvgIpc) is 2.99. The van der Waals surface area contributed by atoms with E-state index in [2.05, 4.69) is 13.8 Å². The Hall–Kier alpha value is -0.330. The van der Waals surface area contributed by atoms with E-state index in [1.54, 1.807) is 0 Å². The van der Waals surface area contributed by atoms with Gasteiger partial charge in [0.2, 0.25) is 0 Å². The fourth-order valence-electron chi connectivity index (χ4n) is 3.45. The van der Waals surface area contributed by atoms with Crippen molar-refractivity contribution in [2.24, 2.45) is 17.3 Å². The summed E-state index contributed by atoms with van der Waals surface area (Å²) in [5.74, 6) is 1.91. The molecule has 2 aliphatic rings. The number of Topliss-reactive ketones (excluding diaryl/α,β-unsaturated/α-hetero) is 1. The van der Waals surface area contributed by atoms with E-state index < -0.39 is 0 Å². The first-order chi connectivity index (χ1) is 7.22. The molecule has 0 spiro atoms. The molecule has 1 nitrogen and oxygen atoms in total. The van der Waals surface area contributed by atoms with Crippen LogP contribution in [0.2, 0.25) is 0 Å². The van der Waals surface area contributed by atoms with Crippen molar-refractivity contribution in [1.82, 2.24) is 0 Å². The van der Waals surface area contributed by atoms with Crippen LogP contribution in [0.25, 0.3) is 0 Å². The van der Waals surface area contributed by atoms with Crippen LogP contribution in [-0.2, 0) is 4.79 Å². The number of ketones is 1. The van der Waals surface area contributed by atoms with E-state index in [4.69, 9.17) is 0 Å². The summed E-state index contributed by atoms with van der Waals surface area (Å²) in [5, 5.41) is 0. The topological polar surface area (TPSA) is 17.1 Å². The van der Waals surface area contributed by atoms with Crippen LogP contribution < -0.4 is 0 Å². The summed E-state index contributed by atoms with van der Waals surface area (Å²) in [7, 11) is 0. The van der Waals surface area contributed by atoms with E-state index >= 15 is 0 Å². The number of hydrogen-bond donors (Lipinski definition) is 0. The fraction of sp³-hybridized carbons (Fsp3) is 0.929. The molecular formula is C14H24O. The summed E-state index contributed by atoms with van der Waals surface area (Å²) in [6.45, 7) is 4.48. The molecule has 0 radical (unpaired) electrons. The van der Waals surface area contributed by atoms with Gasteiger partial charge in [0, 0.05) is 12.3 Å². The van der Waals surface area contributed by atoms with Crippen molar-refractivity contribution in [3.63, 3.8) is 0 Å². The van der Waals surface area contributed by atoms with Gasteiger partial charge in [-0.25, -0.2) is 0 Å². The summed E-state index contributed by atoms with van der Waals surface area (Å²) < 4.78 is 0. The van der Waals surface area contributed by atoms with E-state index in [1.807, 2.05) is 0 Å². The smallest absolute Gasteiger partial charge is 0.135 e. The van der Waals surface area contributed by atoms with Gasteiger partial charge in [0.15, 0.2) is 0 Å². The largest absolute Gasteiger partial charge is 0.299 e. The van der Waals surface area contributed by atoms with Gasteiger partial charge in [0.25, 0.3) is 0 Å². The van der Waals surface area contributed by atoms with Crippen molar-refractivity contribution in [2.75, 3.05) is 0 Å². The summed E-state index contributed by atoms with van der Waals surface area (Å²) >= 11 is 0. The summed E-state index contributed by atoms with van der Waals surface area (Å²) in [6.07, 6.45) is 9.58. The van der Waals surface area contributed by atoms with Gasteiger partial charge in [-0.15, -0.1) is 0 Å². The van der Waals surface area contributed by atoms with Gasteiger partial charge in [0.05, 0.1) is 0 Å². The Labute approximate surface area is 93.6 Å². The van der Waals surface area contributed by atoms with Crippen LogP contribution >= 0.6 is 0 Å². The molecule has 1 heteroatoms. The van der Waals surface area contributed by atoms with Crippen molar-refractivity contribution in [1.29, 1.82) is 0 Å². The monoisotopic (exact) mass is 208 g/mol. The number of carbonyl (C=O) groups excluding carboxylic acids is 1. The van der Waals surface area contributed by atoms with Crippen molar-refractivity contribution >= 4 is 5.78 Å². The maximum Gasteiger partial charge on any atom is 0.135 e. The normalized spacial score (nSPS) is 38.5. The molecule has 0 bridgehead atoms. The number of rotatable bonds is 5. The zero-order chi connectivity index (χ0) is 10.9. The molecule has 0 aromatic carbocycles. The zero-order valence-electron chi connectivity index (χ0n) is 10.2. The Morgan fingerprint density at radius 2 is 2.20 bits per heavy atom. The van der Waals surface area contributed by atoms with Crippen molar-refractivity contribution in [3.8, 4) is 0 Å². The van der Waals surface area contributed by atoms with Crippen LogP contribution in [0, 0.1) is 17.3 Å². The van der Waals surface area contributed by atoms with E-state index in [1.165, 1.54) is 32.1 Å². The van der Waals surface area contributed by atoms with Crippen molar-refractivity contribution in [3.05, 3.63) is 0 Å². The highest BCUT2D eigenvalue weighted by Crippen LogP contribution is 2.64. The highest BCUT2D eigenvalue weighted by molar-refractivity contribution is 5.81. The van der Waals surface area contributed by atoms with Gasteiger partial charge in [0.1, 0.15) is 5.78 Å². The summed E-state index contributed by atoms with van der Waals surface area (Å²) in [4.78, 5) is 11.9. The molecule has 3 unspecified atom stereocenters. The fourth-order valence-corrected chi connectivity index (χ4v) is 3.45. The third-order valence-electron chi connectivity index (χ3n) is 4.85. The minimum Gasteiger partial charge on any atom is -0.299 e. The maximum atomic E-state index is 11.9. The predicted molar refractivity (Wildman–Crippen MR) is 62.7 cm³/mol. The minimum absolute atomic E-state index is 0.434. The molecule has 0 aromatic heterocycles. The highest BCUT2D eigenvalue weighted by Gasteiger charge is 2.55. The lowest BCUT2D eigenvalue weighted by Gasteiger charge is -2.26. The first kappa shape index (κ1) is 11.2. The van der Waals surface area contributed by atoms with Crippen molar-refractivity contribution < 1.29 is 4.79 Å². The molecule has 86 valence electrons. The van der Waals surface area contributed by atoms with Gasteiger partial charge in [-0.3, -0.25) is 4.79 Å². The first-order valence-electron chi connectivity index (χ1n) is 6.74. The molecule has 0 heterocycles. The second-order valence-electron chi connectivity index (χ2n) is 5.66. The summed E-state index contributed by atoms with van der Waals surface area (Å²) in [6, 6.07) is 0. The molecule has 2 aliphatic carbocycles. The Kier molecular flexibility index (Phi) is 3.18. The second kappa shape index (κ2) is 4.27. The van der Waals surface area contributed by atoms with E-state index in [0.717, 1.165) is 25.2 Å². The van der Waals surface area contributed by atoms with Crippen molar-refractivity contribution in [2.45, 2.75) is 65.2 Å². The van der Waals surface area contributed by atoms with Crippen LogP contribution in [0.1, 0.15) is 65.2 Å². The van der Waals surface area contributed by atoms with Crippen LogP contribution in [-0.4, -0.2) is 5.78 Å². The average molecular weight is 208 g/mol. The lowest BCUT2D eigenvalue weighted by atomic mass is 9.78. The Morgan fingerprint density at radius 3 is 2.80 bits per heavy atom. The zero-order valence-corrected chi connectivity index (χ0v) is 10.2. The Balaban J connectivity index is 1.80. The molecule has 2 saturated carbocycles. The molecular weight excluding hydrogens is 184 g/mol. The molecule has 0 amide bonds. The van der Waals surface area contributed by atoms with E-state index in [-0.39, 0.29) is 0 Å². The maximum absolute atomic E-state index is 11.9. The SMILES string of the molecule is CCCCC(=O)C1CCC2(CC)CC2C1. The number of fused-ring (bicyclic) bond motifs is 1.